The topological polar surface area (TPSA) is 75.5 Å². The molecule has 0 spiro atoms. The second-order valence-electron chi connectivity index (χ2n) is 6.71. The molecule has 0 saturated carbocycles. The van der Waals surface area contributed by atoms with Gasteiger partial charge < -0.3 is 10.6 Å². The summed E-state index contributed by atoms with van der Waals surface area (Å²) < 4.78 is 1.99. The number of anilines is 1. The van der Waals surface area contributed by atoms with Crippen LogP contribution >= 0.6 is 11.3 Å². The summed E-state index contributed by atoms with van der Waals surface area (Å²) in [5.74, 6) is -0.334. The van der Waals surface area contributed by atoms with Crippen LogP contribution in [0.4, 0.5) is 5.69 Å². The van der Waals surface area contributed by atoms with E-state index in [9.17, 15) is 9.59 Å². The Kier molecular flexibility index (Phi) is 5.39. The first-order valence-corrected chi connectivity index (χ1v) is 10.1. The van der Waals surface area contributed by atoms with Gasteiger partial charge in [0.15, 0.2) is 4.96 Å². The third-order valence-electron chi connectivity index (χ3n) is 4.53. The number of carbonyl (C=O) groups is 2. The van der Waals surface area contributed by atoms with Crippen molar-refractivity contribution in [3.05, 3.63) is 77.9 Å². The summed E-state index contributed by atoms with van der Waals surface area (Å²) in [6.45, 7) is 1.45. The molecule has 0 aliphatic rings. The van der Waals surface area contributed by atoms with Crippen LogP contribution in [0, 0.1) is 0 Å². The smallest absolute Gasteiger partial charge is 0.226 e. The Balaban J connectivity index is 1.43. The summed E-state index contributed by atoms with van der Waals surface area (Å²) in [5, 5.41) is 7.74. The first kappa shape index (κ1) is 18.9. The van der Waals surface area contributed by atoms with Crippen LogP contribution in [-0.4, -0.2) is 21.2 Å². The van der Waals surface area contributed by atoms with Crippen LogP contribution in [0.15, 0.2) is 72.4 Å². The Labute approximate surface area is 172 Å². The first-order valence-electron chi connectivity index (χ1n) is 9.23. The highest BCUT2D eigenvalue weighted by molar-refractivity contribution is 7.15. The van der Waals surface area contributed by atoms with Crippen LogP contribution in [0.5, 0.6) is 0 Å². The lowest BCUT2D eigenvalue weighted by Crippen LogP contribution is -2.29. The summed E-state index contributed by atoms with van der Waals surface area (Å²) in [5.41, 5.74) is 3.48. The van der Waals surface area contributed by atoms with Crippen molar-refractivity contribution in [2.75, 3.05) is 5.32 Å². The number of rotatable bonds is 6. The predicted molar refractivity (Wildman–Crippen MR) is 115 cm³/mol. The largest absolute Gasteiger partial charge is 0.349 e. The number of aromatic nitrogens is 2. The molecule has 0 saturated heterocycles. The number of hydrogen-bond acceptors (Lipinski definition) is 4. The van der Waals surface area contributed by atoms with Crippen LogP contribution < -0.4 is 10.6 Å². The van der Waals surface area contributed by atoms with E-state index in [2.05, 4.69) is 15.6 Å². The van der Waals surface area contributed by atoms with E-state index < -0.39 is 0 Å². The molecule has 0 fully saturated rings. The summed E-state index contributed by atoms with van der Waals surface area (Å²) in [6, 6.07) is 16.7. The number of hydrogen-bond donors (Lipinski definition) is 2. The third kappa shape index (κ3) is 4.52. The van der Waals surface area contributed by atoms with Gasteiger partial charge in [0.25, 0.3) is 0 Å². The monoisotopic (exact) mass is 404 g/mol. The molecule has 29 heavy (non-hydrogen) atoms. The molecule has 0 aliphatic carbocycles. The zero-order valence-corrected chi connectivity index (χ0v) is 16.6. The van der Waals surface area contributed by atoms with Crippen LogP contribution in [0.2, 0.25) is 0 Å². The maximum absolute atomic E-state index is 12.5. The van der Waals surface area contributed by atoms with Crippen LogP contribution in [0.25, 0.3) is 16.2 Å². The quantitative estimate of drug-likeness (QED) is 0.504. The average Bonchev–Trinajstić information content (AvgIpc) is 3.31. The van der Waals surface area contributed by atoms with Gasteiger partial charge in [-0.15, -0.1) is 11.3 Å². The predicted octanol–water partition coefficient (Wildman–Crippen LogP) is 4.27. The Bertz CT molecular complexity index is 1100. The molecule has 1 atom stereocenters. The number of benzene rings is 2. The Hall–Kier alpha value is -3.45. The summed E-state index contributed by atoms with van der Waals surface area (Å²) in [6.07, 6.45) is 4.11. The fraction of sp³-hybridized carbons (Fsp3) is 0.136. The molecule has 2 aromatic carbocycles. The van der Waals surface area contributed by atoms with E-state index in [-0.39, 0.29) is 24.3 Å². The number of fused-ring (bicyclic) bond motifs is 1. The molecule has 0 aliphatic heterocycles. The molecule has 146 valence electrons. The lowest BCUT2D eigenvalue weighted by Gasteiger charge is -2.18. The standard InChI is InChI=1S/C22H20N4O2S/c1-15(27)23-19(16-5-3-2-4-6-16)13-21(28)24-18-9-7-17(8-10-18)20-14-26-11-12-29-22(26)25-20/h2-12,14,19H,13H2,1H3,(H,23,27)(H,24,28)/t19-/m1/s1. The van der Waals surface area contributed by atoms with Crippen LogP contribution in [-0.2, 0) is 9.59 Å². The molecule has 2 N–H and O–H groups in total. The molecular weight excluding hydrogens is 384 g/mol. The van der Waals surface area contributed by atoms with Gasteiger partial charge in [-0.05, 0) is 17.7 Å². The highest BCUT2D eigenvalue weighted by Crippen LogP contribution is 2.24. The number of nitrogens with zero attached hydrogens (tertiary/aromatic N) is 2. The third-order valence-corrected chi connectivity index (χ3v) is 5.30. The molecule has 2 aromatic heterocycles. The second kappa shape index (κ2) is 8.28. The fourth-order valence-corrected chi connectivity index (χ4v) is 3.87. The second-order valence-corrected chi connectivity index (χ2v) is 7.59. The van der Waals surface area contributed by atoms with E-state index >= 15 is 0 Å². The van der Waals surface area contributed by atoms with Gasteiger partial charge in [0.1, 0.15) is 0 Å². The summed E-state index contributed by atoms with van der Waals surface area (Å²) in [4.78, 5) is 29.6. The summed E-state index contributed by atoms with van der Waals surface area (Å²) in [7, 11) is 0. The number of amides is 2. The van der Waals surface area contributed by atoms with Gasteiger partial charge >= 0.3 is 0 Å². The minimum atomic E-state index is -0.369. The van der Waals surface area contributed by atoms with Gasteiger partial charge in [0.05, 0.1) is 18.2 Å². The SMILES string of the molecule is CC(=O)N[C@H](CC(=O)Nc1ccc(-c2cn3ccsc3n2)cc1)c1ccccc1. The van der Waals surface area contributed by atoms with Crippen molar-refractivity contribution in [1.29, 1.82) is 0 Å². The van der Waals surface area contributed by atoms with Crippen molar-refractivity contribution in [3.63, 3.8) is 0 Å². The minimum absolute atomic E-state index is 0.155. The molecule has 0 unspecified atom stereocenters. The van der Waals surface area contributed by atoms with Gasteiger partial charge in [0, 0.05) is 35.9 Å². The van der Waals surface area contributed by atoms with Crippen molar-refractivity contribution < 1.29 is 9.59 Å². The van der Waals surface area contributed by atoms with Crippen LogP contribution in [0.1, 0.15) is 24.9 Å². The number of thiazole rings is 1. The van der Waals surface area contributed by atoms with E-state index in [0.717, 1.165) is 21.8 Å². The van der Waals surface area contributed by atoms with E-state index in [1.807, 2.05) is 76.8 Å². The average molecular weight is 404 g/mol. The van der Waals surface area contributed by atoms with E-state index in [0.29, 0.717) is 5.69 Å². The van der Waals surface area contributed by atoms with Gasteiger partial charge in [-0.25, -0.2) is 4.98 Å². The normalized spacial score (nSPS) is 11.9. The highest BCUT2D eigenvalue weighted by Gasteiger charge is 2.17. The van der Waals surface area contributed by atoms with E-state index in [1.54, 1.807) is 11.3 Å². The molecule has 0 radical (unpaired) electrons. The Morgan fingerprint density at radius 2 is 1.86 bits per heavy atom. The molecular formula is C22H20N4O2S. The van der Waals surface area contributed by atoms with Crippen molar-refractivity contribution in [2.45, 2.75) is 19.4 Å². The van der Waals surface area contributed by atoms with Gasteiger partial charge in [-0.2, -0.15) is 0 Å². The molecule has 6 nitrogen and oxygen atoms in total. The maximum atomic E-state index is 12.5. The fourth-order valence-electron chi connectivity index (χ4n) is 3.17. The molecule has 2 amide bonds. The lowest BCUT2D eigenvalue weighted by atomic mass is 10.0. The molecule has 7 heteroatoms. The molecule has 2 heterocycles. The zero-order valence-electron chi connectivity index (χ0n) is 15.8. The van der Waals surface area contributed by atoms with Crippen molar-refractivity contribution in [1.82, 2.24) is 14.7 Å². The van der Waals surface area contributed by atoms with E-state index in [1.165, 1.54) is 6.92 Å². The van der Waals surface area contributed by atoms with Crippen molar-refractivity contribution >= 4 is 33.8 Å². The first-order chi connectivity index (χ1) is 14.1. The molecule has 4 rings (SSSR count). The van der Waals surface area contributed by atoms with Crippen LogP contribution in [0.3, 0.4) is 0 Å². The Morgan fingerprint density at radius 1 is 1.10 bits per heavy atom. The Morgan fingerprint density at radius 3 is 2.55 bits per heavy atom. The summed E-state index contributed by atoms with van der Waals surface area (Å²) >= 11 is 1.59. The van der Waals surface area contributed by atoms with Gasteiger partial charge in [0.2, 0.25) is 11.8 Å². The maximum Gasteiger partial charge on any atom is 0.226 e. The number of imidazole rings is 1. The molecule has 4 aromatic rings. The van der Waals surface area contributed by atoms with Crippen molar-refractivity contribution in [3.8, 4) is 11.3 Å². The minimum Gasteiger partial charge on any atom is -0.349 e. The lowest BCUT2D eigenvalue weighted by molar-refractivity contribution is -0.120. The number of carbonyl (C=O) groups excluding carboxylic acids is 2. The zero-order chi connectivity index (χ0) is 20.2. The van der Waals surface area contributed by atoms with Gasteiger partial charge in [-0.3, -0.25) is 14.0 Å². The number of nitrogens with one attached hydrogen (secondary N) is 2. The highest BCUT2D eigenvalue weighted by atomic mass is 32.1. The molecule has 0 bridgehead atoms. The van der Waals surface area contributed by atoms with E-state index in [4.69, 9.17) is 0 Å². The van der Waals surface area contributed by atoms with Crippen molar-refractivity contribution in [2.24, 2.45) is 0 Å². The van der Waals surface area contributed by atoms with Gasteiger partial charge in [-0.1, -0.05) is 42.5 Å².